The Kier molecular flexibility index (Phi) is 5.81. The average molecular weight is 333 g/mol. The molecule has 0 saturated heterocycles. The molecule has 0 radical (unpaired) electrons. The number of hydrogen-bond donors (Lipinski definition) is 1. The third-order valence-electron chi connectivity index (χ3n) is 3.85. The lowest BCUT2D eigenvalue weighted by atomic mass is 10.1. The summed E-state index contributed by atoms with van der Waals surface area (Å²) in [5, 5.41) is 6.69. The van der Waals surface area contributed by atoms with Crippen LogP contribution < -0.4 is 14.8 Å². The number of nitrogens with one attached hydrogen (secondary N) is 1. The first-order valence-corrected chi connectivity index (χ1v) is 7.60. The van der Waals surface area contributed by atoms with Gasteiger partial charge in [0.05, 0.1) is 19.8 Å². The Hall–Kier alpha value is -2.54. The van der Waals surface area contributed by atoms with E-state index in [1.165, 1.54) is 0 Å². The fraction of sp³-hybridized carbons (Fsp3) is 0.412. The Labute approximate surface area is 141 Å². The topological polar surface area (TPSA) is 76.8 Å². The molecule has 0 fully saturated rings. The number of aromatic nitrogens is 1. The molecule has 1 amide bonds. The Morgan fingerprint density at radius 3 is 2.67 bits per heavy atom. The Morgan fingerprint density at radius 2 is 2.04 bits per heavy atom. The lowest BCUT2D eigenvalue weighted by Crippen LogP contribution is -2.38. The van der Waals surface area contributed by atoms with E-state index in [0.717, 1.165) is 0 Å². The van der Waals surface area contributed by atoms with Crippen molar-refractivity contribution in [2.75, 3.05) is 34.9 Å². The largest absolute Gasteiger partial charge is 0.497 e. The van der Waals surface area contributed by atoms with Crippen molar-refractivity contribution in [2.45, 2.75) is 13.0 Å². The van der Waals surface area contributed by atoms with Crippen LogP contribution in [0.5, 0.6) is 11.5 Å². The van der Waals surface area contributed by atoms with Gasteiger partial charge in [0, 0.05) is 18.7 Å². The molecular weight excluding hydrogens is 310 g/mol. The lowest BCUT2D eigenvalue weighted by Gasteiger charge is -2.19. The van der Waals surface area contributed by atoms with Crippen molar-refractivity contribution in [1.82, 2.24) is 15.4 Å². The standard InChI is InChI=1S/C17H23N3O4/c1-11(20(2)3)10-18-17(21)14-9-16(24-19-14)13-8-12(22-4)6-7-15(13)23-5/h6-9,11H,10H2,1-5H3,(H,18,21)/t11-/m1/s1. The molecule has 0 aliphatic heterocycles. The van der Waals surface area contributed by atoms with E-state index in [-0.39, 0.29) is 17.6 Å². The van der Waals surface area contributed by atoms with Gasteiger partial charge in [-0.25, -0.2) is 0 Å². The first-order chi connectivity index (χ1) is 11.5. The lowest BCUT2D eigenvalue weighted by molar-refractivity contribution is 0.0934. The van der Waals surface area contributed by atoms with Crippen LogP contribution in [0.4, 0.5) is 0 Å². The van der Waals surface area contributed by atoms with Gasteiger partial charge in [0.1, 0.15) is 11.5 Å². The van der Waals surface area contributed by atoms with Gasteiger partial charge in [0.25, 0.3) is 5.91 Å². The van der Waals surface area contributed by atoms with Crippen molar-refractivity contribution in [1.29, 1.82) is 0 Å². The monoisotopic (exact) mass is 333 g/mol. The summed E-state index contributed by atoms with van der Waals surface area (Å²) < 4.78 is 15.9. The predicted octanol–water partition coefficient (Wildman–Crippen LogP) is 2.04. The zero-order valence-corrected chi connectivity index (χ0v) is 14.6. The number of carbonyl (C=O) groups excluding carboxylic acids is 1. The van der Waals surface area contributed by atoms with Crippen molar-refractivity contribution in [3.63, 3.8) is 0 Å². The number of benzene rings is 1. The second-order valence-electron chi connectivity index (χ2n) is 5.67. The van der Waals surface area contributed by atoms with Crippen LogP contribution in [0.2, 0.25) is 0 Å². The summed E-state index contributed by atoms with van der Waals surface area (Å²) in [6.07, 6.45) is 0. The molecule has 1 aromatic heterocycles. The van der Waals surface area contributed by atoms with Gasteiger partial charge in [0.2, 0.25) is 0 Å². The third-order valence-corrected chi connectivity index (χ3v) is 3.85. The number of likely N-dealkylation sites (N-methyl/N-ethyl adjacent to an activating group) is 1. The van der Waals surface area contributed by atoms with E-state index >= 15 is 0 Å². The Morgan fingerprint density at radius 1 is 1.29 bits per heavy atom. The summed E-state index contributed by atoms with van der Waals surface area (Å²) in [5.74, 6) is 1.44. The molecule has 24 heavy (non-hydrogen) atoms. The summed E-state index contributed by atoms with van der Waals surface area (Å²) in [7, 11) is 7.06. The van der Waals surface area contributed by atoms with E-state index < -0.39 is 0 Å². The molecule has 2 aromatic rings. The summed E-state index contributed by atoms with van der Waals surface area (Å²) in [5.41, 5.74) is 0.894. The summed E-state index contributed by atoms with van der Waals surface area (Å²) in [6.45, 7) is 2.55. The van der Waals surface area contributed by atoms with E-state index in [2.05, 4.69) is 10.5 Å². The maximum atomic E-state index is 12.2. The molecule has 2 rings (SSSR count). The molecule has 0 aliphatic carbocycles. The Balaban J connectivity index is 2.17. The molecule has 0 spiro atoms. The van der Waals surface area contributed by atoms with E-state index in [4.69, 9.17) is 14.0 Å². The number of hydrogen-bond acceptors (Lipinski definition) is 6. The molecule has 7 nitrogen and oxygen atoms in total. The molecule has 1 heterocycles. The smallest absolute Gasteiger partial charge is 0.273 e. The summed E-state index contributed by atoms with van der Waals surface area (Å²) in [4.78, 5) is 14.2. The highest BCUT2D eigenvalue weighted by atomic mass is 16.5. The first kappa shape index (κ1) is 17.8. The van der Waals surface area contributed by atoms with Crippen molar-refractivity contribution in [3.05, 3.63) is 30.0 Å². The number of nitrogens with zero attached hydrogens (tertiary/aromatic N) is 2. The van der Waals surface area contributed by atoms with Crippen LogP contribution in [0.25, 0.3) is 11.3 Å². The van der Waals surface area contributed by atoms with E-state index in [1.807, 2.05) is 25.9 Å². The number of ether oxygens (including phenoxy) is 2. The van der Waals surface area contributed by atoms with Gasteiger partial charge in [0.15, 0.2) is 11.5 Å². The number of amides is 1. The molecule has 0 unspecified atom stereocenters. The average Bonchev–Trinajstić information content (AvgIpc) is 3.08. The van der Waals surface area contributed by atoms with Crippen LogP contribution in [0.1, 0.15) is 17.4 Å². The highest BCUT2D eigenvalue weighted by Gasteiger charge is 2.17. The minimum absolute atomic E-state index is 0.221. The molecule has 1 atom stereocenters. The van der Waals surface area contributed by atoms with E-state index in [1.54, 1.807) is 38.5 Å². The minimum Gasteiger partial charge on any atom is -0.497 e. The SMILES string of the molecule is COc1ccc(OC)c(-c2cc(C(=O)NC[C@@H](C)N(C)C)no2)c1. The van der Waals surface area contributed by atoms with Crippen molar-refractivity contribution < 1.29 is 18.8 Å². The van der Waals surface area contributed by atoms with Gasteiger partial charge in [-0.15, -0.1) is 0 Å². The Bertz CT molecular complexity index is 697. The van der Waals surface area contributed by atoms with Gasteiger partial charge in [-0.1, -0.05) is 5.16 Å². The van der Waals surface area contributed by atoms with Crippen molar-refractivity contribution >= 4 is 5.91 Å². The molecule has 1 aromatic carbocycles. The van der Waals surface area contributed by atoms with Crippen LogP contribution in [0, 0.1) is 0 Å². The van der Waals surface area contributed by atoms with E-state index in [0.29, 0.717) is 29.4 Å². The molecule has 7 heteroatoms. The molecule has 130 valence electrons. The van der Waals surface area contributed by atoms with Gasteiger partial charge in [-0.3, -0.25) is 4.79 Å². The van der Waals surface area contributed by atoms with Gasteiger partial charge in [-0.05, 0) is 39.2 Å². The third kappa shape index (κ3) is 4.05. The van der Waals surface area contributed by atoms with Gasteiger partial charge in [-0.2, -0.15) is 0 Å². The molecule has 1 N–H and O–H groups in total. The number of methoxy groups -OCH3 is 2. The molecular formula is C17H23N3O4. The molecule has 0 aliphatic rings. The summed E-state index contributed by atoms with van der Waals surface area (Å²) >= 11 is 0. The maximum Gasteiger partial charge on any atom is 0.273 e. The zero-order chi connectivity index (χ0) is 17.7. The van der Waals surface area contributed by atoms with Crippen LogP contribution in [0.15, 0.2) is 28.8 Å². The fourth-order valence-electron chi connectivity index (χ4n) is 2.03. The number of rotatable bonds is 7. The number of carbonyl (C=O) groups is 1. The predicted molar refractivity (Wildman–Crippen MR) is 90.5 cm³/mol. The maximum absolute atomic E-state index is 12.2. The normalized spacial score (nSPS) is 12.1. The van der Waals surface area contributed by atoms with Crippen LogP contribution in [0.3, 0.4) is 0 Å². The van der Waals surface area contributed by atoms with Crippen molar-refractivity contribution in [3.8, 4) is 22.8 Å². The van der Waals surface area contributed by atoms with Crippen LogP contribution >= 0.6 is 0 Å². The second kappa shape index (κ2) is 7.83. The molecule has 0 saturated carbocycles. The fourth-order valence-corrected chi connectivity index (χ4v) is 2.03. The van der Waals surface area contributed by atoms with Gasteiger partial charge >= 0.3 is 0 Å². The van der Waals surface area contributed by atoms with Crippen LogP contribution in [-0.4, -0.2) is 56.9 Å². The van der Waals surface area contributed by atoms with Crippen LogP contribution in [-0.2, 0) is 0 Å². The first-order valence-electron chi connectivity index (χ1n) is 7.60. The van der Waals surface area contributed by atoms with Gasteiger partial charge < -0.3 is 24.2 Å². The van der Waals surface area contributed by atoms with E-state index in [9.17, 15) is 4.79 Å². The highest BCUT2D eigenvalue weighted by Crippen LogP contribution is 2.33. The second-order valence-corrected chi connectivity index (χ2v) is 5.67. The zero-order valence-electron chi connectivity index (χ0n) is 14.6. The minimum atomic E-state index is -0.277. The summed E-state index contributed by atoms with van der Waals surface area (Å²) in [6, 6.07) is 7.14. The molecule has 0 bridgehead atoms. The highest BCUT2D eigenvalue weighted by molar-refractivity contribution is 5.93. The van der Waals surface area contributed by atoms with Crippen molar-refractivity contribution in [2.24, 2.45) is 0 Å². The quantitative estimate of drug-likeness (QED) is 0.835.